The minimum atomic E-state index is -0.654. The standard InChI is InChI=1S/C18H21N3O3/c1-13(19-18(23)14-8-11-24-12-14)17(22)20-15-6-2-3-7-16(15)21-9-4-5-10-21/h2-3,6-8,11-13H,4-5,9-10H2,1H3,(H,19,23)(H,20,22). The lowest BCUT2D eigenvalue weighted by Crippen LogP contribution is -2.41. The zero-order valence-corrected chi connectivity index (χ0v) is 13.6. The highest BCUT2D eigenvalue weighted by Gasteiger charge is 2.20. The van der Waals surface area contributed by atoms with Gasteiger partial charge in [-0.15, -0.1) is 0 Å². The Balaban J connectivity index is 1.65. The second kappa shape index (κ2) is 7.21. The molecule has 1 aliphatic rings. The van der Waals surface area contributed by atoms with E-state index in [1.807, 2.05) is 24.3 Å². The fourth-order valence-electron chi connectivity index (χ4n) is 2.79. The monoisotopic (exact) mass is 327 g/mol. The molecule has 1 saturated heterocycles. The van der Waals surface area contributed by atoms with Gasteiger partial charge in [0.1, 0.15) is 12.3 Å². The van der Waals surface area contributed by atoms with Crippen molar-refractivity contribution < 1.29 is 14.0 Å². The van der Waals surface area contributed by atoms with Gasteiger partial charge in [-0.2, -0.15) is 0 Å². The maximum atomic E-state index is 12.4. The first-order chi connectivity index (χ1) is 11.6. The van der Waals surface area contributed by atoms with Crippen molar-refractivity contribution in [3.05, 3.63) is 48.4 Å². The smallest absolute Gasteiger partial charge is 0.255 e. The lowest BCUT2D eigenvalue weighted by Gasteiger charge is -2.22. The number of amides is 2. The van der Waals surface area contributed by atoms with Crippen molar-refractivity contribution in [3.63, 3.8) is 0 Å². The third kappa shape index (κ3) is 3.59. The molecule has 1 aromatic heterocycles. The molecule has 24 heavy (non-hydrogen) atoms. The van der Waals surface area contributed by atoms with Gasteiger partial charge >= 0.3 is 0 Å². The van der Waals surface area contributed by atoms with Crippen molar-refractivity contribution in [3.8, 4) is 0 Å². The van der Waals surface area contributed by atoms with Gasteiger partial charge in [0.25, 0.3) is 5.91 Å². The lowest BCUT2D eigenvalue weighted by molar-refractivity contribution is -0.117. The van der Waals surface area contributed by atoms with Crippen LogP contribution in [0.1, 0.15) is 30.1 Å². The van der Waals surface area contributed by atoms with Gasteiger partial charge in [0.2, 0.25) is 5.91 Å². The predicted octanol–water partition coefficient (Wildman–Crippen LogP) is 2.64. The summed E-state index contributed by atoms with van der Waals surface area (Å²) in [5.41, 5.74) is 2.19. The third-order valence-electron chi connectivity index (χ3n) is 4.13. The van der Waals surface area contributed by atoms with E-state index in [-0.39, 0.29) is 11.8 Å². The first-order valence-corrected chi connectivity index (χ1v) is 8.13. The molecule has 0 bridgehead atoms. The molecule has 2 aromatic rings. The Morgan fingerprint density at radius 2 is 1.92 bits per heavy atom. The summed E-state index contributed by atoms with van der Waals surface area (Å²) in [6.07, 6.45) is 5.10. The van der Waals surface area contributed by atoms with E-state index in [2.05, 4.69) is 15.5 Å². The lowest BCUT2D eigenvalue weighted by atomic mass is 10.2. The molecular formula is C18H21N3O3. The van der Waals surface area contributed by atoms with Gasteiger partial charge in [0.15, 0.2) is 0 Å². The number of carbonyl (C=O) groups excluding carboxylic acids is 2. The van der Waals surface area contributed by atoms with Crippen LogP contribution in [0.4, 0.5) is 11.4 Å². The SMILES string of the molecule is CC(NC(=O)c1ccoc1)C(=O)Nc1ccccc1N1CCCC1. The van der Waals surface area contributed by atoms with Crippen molar-refractivity contribution >= 4 is 23.2 Å². The minimum Gasteiger partial charge on any atom is -0.472 e. The summed E-state index contributed by atoms with van der Waals surface area (Å²) in [7, 11) is 0. The van der Waals surface area contributed by atoms with Crippen molar-refractivity contribution in [2.45, 2.75) is 25.8 Å². The summed E-state index contributed by atoms with van der Waals surface area (Å²) in [4.78, 5) is 26.7. The highest BCUT2D eigenvalue weighted by atomic mass is 16.3. The molecule has 3 rings (SSSR count). The van der Waals surface area contributed by atoms with Gasteiger partial charge in [0.05, 0.1) is 23.2 Å². The van der Waals surface area contributed by atoms with E-state index in [9.17, 15) is 9.59 Å². The Morgan fingerprint density at radius 1 is 1.17 bits per heavy atom. The number of nitrogens with zero attached hydrogens (tertiary/aromatic N) is 1. The summed E-state index contributed by atoms with van der Waals surface area (Å²) >= 11 is 0. The Bertz CT molecular complexity index is 706. The average Bonchev–Trinajstić information content (AvgIpc) is 3.29. The Kier molecular flexibility index (Phi) is 4.84. The van der Waals surface area contributed by atoms with E-state index in [1.54, 1.807) is 13.0 Å². The summed E-state index contributed by atoms with van der Waals surface area (Å²) < 4.78 is 4.88. The maximum Gasteiger partial charge on any atom is 0.255 e. The quantitative estimate of drug-likeness (QED) is 0.885. The fourth-order valence-corrected chi connectivity index (χ4v) is 2.79. The zero-order chi connectivity index (χ0) is 16.9. The van der Waals surface area contributed by atoms with Crippen LogP contribution in [0.25, 0.3) is 0 Å². The van der Waals surface area contributed by atoms with E-state index in [4.69, 9.17) is 4.42 Å². The Morgan fingerprint density at radius 3 is 2.62 bits per heavy atom. The zero-order valence-electron chi connectivity index (χ0n) is 13.6. The number of benzene rings is 1. The Hall–Kier alpha value is -2.76. The fraction of sp³-hybridized carbons (Fsp3) is 0.333. The van der Waals surface area contributed by atoms with Crippen molar-refractivity contribution in [1.82, 2.24) is 5.32 Å². The number of nitrogens with one attached hydrogen (secondary N) is 2. The van der Waals surface area contributed by atoms with Gasteiger partial charge in [-0.3, -0.25) is 9.59 Å². The number of hydrogen-bond donors (Lipinski definition) is 2. The van der Waals surface area contributed by atoms with Crippen molar-refractivity contribution in [2.75, 3.05) is 23.3 Å². The van der Waals surface area contributed by atoms with Crippen LogP contribution in [0.2, 0.25) is 0 Å². The molecule has 2 N–H and O–H groups in total. The molecule has 0 spiro atoms. The summed E-state index contributed by atoms with van der Waals surface area (Å²) in [6.45, 7) is 3.66. The van der Waals surface area contributed by atoms with Crippen molar-refractivity contribution in [2.24, 2.45) is 0 Å². The second-order valence-corrected chi connectivity index (χ2v) is 5.91. The first kappa shape index (κ1) is 16.1. The average molecular weight is 327 g/mol. The molecular weight excluding hydrogens is 306 g/mol. The number of furan rings is 1. The van der Waals surface area contributed by atoms with Gasteiger partial charge in [0, 0.05) is 13.1 Å². The summed E-state index contributed by atoms with van der Waals surface area (Å²) in [5, 5.41) is 5.59. The predicted molar refractivity (Wildman–Crippen MR) is 92.2 cm³/mol. The van der Waals surface area contributed by atoms with Gasteiger partial charge < -0.3 is 20.0 Å². The summed E-state index contributed by atoms with van der Waals surface area (Å²) in [5.74, 6) is -0.585. The molecule has 2 amide bonds. The third-order valence-corrected chi connectivity index (χ3v) is 4.13. The highest BCUT2D eigenvalue weighted by Crippen LogP contribution is 2.28. The number of rotatable bonds is 5. The van der Waals surface area contributed by atoms with Gasteiger partial charge in [-0.05, 0) is 38.0 Å². The van der Waals surface area contributed by atoms with E-state index in [0.717, 1.165) is 24.5 Å². The van der Waals surface area contributed by atoms with Crippen molar-refractivity contribution in [1.29, 1.82) is 0 Å². The van der Waals surface area contributed by atoms with Crippen LogP contribution in [0, 0.1) is 0 Å². The van der Waals surface area contributed by atoms with Crippen LogP contribution >= 0.6 is 0 Å². The summed E-state index contributed by atoms with van der Waals surface area (Å²) in [6, 6.07) is 8.66. The highest BCUT2D eigenvalue weighted by molar-refractivity contribution is 6.02. The van der Waals surface area contributed by atoms with Crippen LogP contribution in [0.15, 0.2) is 47.3 Å². The van der Waals surface area contributed by atoms with E-state index in [0.29, 0.717) is 5.56 Å². The first-order valence-electron chi connectivity index (χ1n) is 8.13. The molecule has 1 atom stereocenters. The van der Waals surface area contributed by atoms with Crippen LogP contribution < -0.4 is 15.5 Å². The number of carbonyl (C=O) groups is 2. The van der Waals surface area contributed by atoms with Gasteiger partial charge in [-0.25, -0.2) is 0 Å². The second-order valence-electron chi connectivity index (χ2n) is 5.91. The molecule has 1 aliphatic heterocycles. The molecule has 1 unspecified atom stereocenters. The molecule has 0 saturated carbocycles. The topological polar surface area (TPSA) is 74.6 Å². The van der Waals surface area contributed by atoms with E-state index in [1.165, 1.54) is 25.4 Å². The largest absolute Gasteiger partial charge is 0.472 e. The van der Waals surface area contributed by atoms with Crippen LogP contribution in [-0.4, -0.2) is 30.9 Å². The maximum absolute atomic E-state index is 12.4. The number of anilines is 2. The molecule has 2 heterocycles. The molecule has 6 nitrogen and oxygen atoms in total. The molecule has 0 radical (unpaired) electrons. The Labute approximate surface area is 140 Å². The number of para-hydroxylation sites is 2. The molecule has 6 heteroatoms. The molecule has 1 aromatic carbocycles. The minimum absolute atomic E-state index is 0.251. The van der Waals surface area contributed by atoms with E-state index < -0.39 is 6.04 Å². The number of hydrogen-bond acceptors (Lipinski definition) is 4. The van der Waals surface area contributed by atoms with E-state index >= 15 is 0 Å². The molecule has 1 fully saturated rings. The molecule has 126 valence electrons. The van der Waals surface area contributed by atoms with Crippen LogP contribution in [-0.2, 0) is 4.79 Å². The van der Waals surface area contributed by atoms with Crippen LogP contribution in [0.5, 0.6) is 0 Å². The molecule has 0 aliphatic carbocycles. The normalized spacial score (nSPS) is 15.1. The van der Waals surface area contributed by atoms with Crippen LogP contribution in [0.3, 0.4) is 0 Å². The van der Waals surface area contributed by atoms with Gasteiger partial charge in [-0.1, -0.05) is 12.1 Å².